The average Bonchev–Trinajstić information content (AvgIpc) is 2.38. The largest absolute Gasteiger partial charge is 0.391 e. The minimum absolute atomic E-state index is 0.0279. The Labute approximate surface area is 119 Å². The Bertz CT molecular complexity index is 503. The monoisotopic (exact) mass is 306 g/mol. The third-order valence-corrected chi connectivity index (χ3v) is 4.96. The lowest BCUT2D eigenvalue weighted by Crippen LogP contribution is -2.36. The third kappa shape index (κ3) is 4.42. The summed E-state index contributed by atoms with van der Waals surface area (Å²) in [6, 6.07) is 2.87. The summed E-state index contributed by atoms with van der Waals surface area (Å²) in [7, 11) is -3.74. The summed E-state index contributed by atoms with van der Waals surface area (Å²) in [5, 5.41) is 9.84. The van der Waals surface area contributed by atoms with E-state index < -0.39 is 16.1 Å². The Morgan fingerprint density at radius 2 is 2.05 bits per heavy atom. The SMILES string of the molecule is CCC(CC)C(O)CNS(=O)(=O)c1cccnc1Cl. The molecule has 5 nitrogen and oxygen atoms in total. The molecule has 0 saturated heterocycles. The van der Waals surface area contributed by atoms with Gasteiger partial charge < -0.3 is 5.11 Å². The van der Waals surface area contributed by atoms with Crippen LogP contribution in [0.1, 0.15) is 26.7 Å². The minimum Gasteiger partial charge on any atom is -0.391 e. The Morgan fingerprint density at radius 3 is 2.58 bits per heavy atom. The van der Waals surface area contributed by atoms with Gasteiger partial charge in [0.05, 0.1) is 6.10 Å². The molecule has 1 unspecified atom stereocenters. The Balaban J connectivity index is 2.74. The number of nitrogens with one attached hydrogen (secondary N) is 1. The van der Waals surface area contributed by atoms with Crippen LogP contribution in [0.15, 0.2) is 23.2 Å². The van der Waals surface area contributed by atoms with Gasteiger partial charge in [0.2, 0.25) is 10.0 Å². The van der Waals surface area contributed by atoms with Crippen LogP contribution in [0, 0.1) is 5.92 Å². The van der Waals surface area contributed by atoms with Gasteiger partial charge in [-0.15, -0.1) is 0 Å². The molecule has 1 heterocycles. The maximum Gasteiger partial charge on any atom is 0.243 e. The lowest BCUT2D eigenvalue weighted by molar-refractivity contribution is 0.107. The lowest BCUT2D eigenvalue weighted by Gasteiger charge is -2.20. The molecular formula is C12H19ClN2O3S. The molecule has 0 saturated carbocycles. The van der Waals surface area contributed by atoms with Gasteiger partial charge in [0.1, 0.15) is 10.0 Å². The van der Waals surface area contributed by atoms with E-state index >= 15 is 0 Å². The molecule has 1 aromatic rings. The fraction of sp³-hybridized carbons (Fsp3) is 0.583. The minimum atomic E-state index is -3.74. The Morgan fingerprint density at radius 1 is 1.42 bits per heavy atom. The van der Waals surface area contributed by atoms with Crippen molar-refractivity contribution in [3.63, 3.8) is 0 Å². The highest BCUT2D eigenvalue weighted by Gasteiger charge is 2.22. The molecule has 1 atom stereocenters. The van der Waals surface area contributed by atoms with Gasteiger partial charge in [0, 0.05) is 12.7 Å². The third-order valence-electron chi connectivity index (χ3n) is 3.09. The zero-order chi connectivity index (χ0) is 14.5. The molecule has 0 aliphatic heterocycles. The fourth-order valence-electron chi connectivity index (χ4n) is 1.84. The van der Waals surface area contributed by atoms with E-state index in [0.29, 0.717) is 0 Å². The second-order valence-electron chi connectivity index (χ2n) is 4.29. The van der Waals surface area contributed by atoms with Crippen LogP contribution in [-0.4, -0.2) is 31.2 Å². The summed E-state index contributed by atoms with van der Waals surface area (Å²) in [4.78, 5) is 3.65. The van der Waals surface area contributed by atoms with Crippen molar-refractivity contribution in [3.8, 4) is 0 Å². The van der Waals surface area contributed by atoms with Crippen molar-refractivity contribution < 1.29 is 13.5 Å². The molecule has 0 aromatic carbocycles. The van der Waals surface area contributed by atoms with Gasteiger partial charge >= 0.3 is 0 Å². The molecule has 0 aliphatic rings. The lowest BCUT2D eigenvalue weighted by atomic mass is 9.97. The van der Waals surface area contributed by atoms with E-state index in [0.717, 1.165) is 12.8 Å². The van der Waals surface area contributed by atoms with Crippen LogP contribution in [0.2, 0.25) is 5.15 Å². The number of hydrogen-bond acceptors (Lipinski definition) is 4. The van der Waals surface area contributed by atoms with E-state index in [-0.39, 0.29) is 22.5 Å². The second-order valence-corrected chi connectivity index (χ2v) is 6.38. The number of halogens is 1. The van der Waals surface area contributed by atoms with Gasteiger partial charge in [0.15, 0.2) is 0 Å². The summed E-state index contributed by atoms with van der Waals surface area (Å²) < 4.78 is 26.4. The van der Waals surface area contributed by atoms with Crippen molar-refractivity contribution in [2.75, 3.05) is 6.54 Å². The number of sulfonamides is 1. The average molecular weight is 307 g/mol. The molecule has 0 amide bonds. The van der Waals surface area contributed by atoms with Gasteiger partial charge in [-0.25, -0.2) is 18.1 Å². The van der Waals surface area contributed by atoms with Crippen LogP contribution in [0.4, 0.5) is 0 Å². The summed E-state index contributed by atoms with van der Waals surface area (Å²) in [5.41, 5.74) is 0. The van der Waals surface area contributed by atoms with Gasteiger partial charge in [-0.2, -0.15) is 0 Å². The van der Waals surface area contributed by atoms with Crippen LogP contribution in [0.3, 0.4) is 0 Å². The first-order valence-electron chi connectivity index (χ1n) is 6.20. The molecule has 108 valence electrons. The Kier molecular flexibility index (Phi) is 6.19. The van der Waals surface area contributed by atoms with Crippen molar-refractivity contribution in [2.45, 2.75) is 37.7 Å². The molecule has 0 aliphatic carbocycles. The first kappa shape index (κ1) is 16.4. The normalized spacial score (nSPS) is 13.7. The van der Waals surface area contributed by atoms with E-state index in [2.05, 4.69) is 9.71 Å². The second kappa shape index (κ2) is 7.19. The van der Waals surface area contributed by atoms with E-state index in [1.54, 1.807) is 0 Å². The number of hydrogen-bond donors (Lipinski definition) is 2. The van der Waals surface area contributed by atoms with Crippen LogP contribution in [0.25, 0.3) is 0 Å². The smallest absolute Gasteiger partial charge is 0.243 e. The number of aliphatic hydroxyl groups excluding tert-OH is 1. The summed E-state index contributed by atoms with van der Waals surface area (Å²) in [6.45, 7) is 3.90. The van der Waals surface area contributed by atoms with E-state index in [4.69, 9.17) is 11.6 Å². The molecule has 1 rings (SSSR count). The highest BCUT2D eigenvalue weighted by Crippen LogP contribution is 2.18. The first-order chi connectivity index (χ1) is 8.92. The molecule has 1 aromatic heterocycles. The standard InChI is InChI=1S/C12H19ClN2O3S/c1-3-9(4-2)10(16)8-15-19(17,18)11-6-5-7-14-12(11)13/h5-7,9-10,15-16H,3-4,8H2,1-2H3. The highest BCUT2D eigenvalue weighted by molar-refractivity contribution is 7.89. The Hall–Kier alpha value is -0.690. The predicted octanol–water partition coefficient (Wildman–Crippen LogP) is 1.81. The zero-order valence-electron chi connectivity index (χ0n) is 11.0. The number of rotatable bonds is 7. The van der Waals surface area contributed by atoms with Crippen molar-refractivity contribution in [3.05, 3.63) is 23.5 Å². The quantitative estimate of drug-likeness (QED) is 0.753. The maximum atomic E-state index is 12.0. The number of nitrogens with zero attached hydrogens (tertiary/aromatic N) is 1. The van der Waals surface area contributed by atoms with Crippen molar-refractivity contribution >= 4 is 21.6 Å². The van der Waals surface area contributed by atoms with E-state index in [1.165, 1.54) is 18.3 Å². The molecular weight excluding hydrogens is 288 g/mol. The van der Waals surface area contributed by atoms with Gasteiger partial charge in [0.25, 0.3) is 0 Å². The van der Waals surface area contributed by atoms with Crippen molar-refractivity contribution in [1.82, 2.24) is 9.71 Å². The van der Waals surface area contributed by atoms with Crippen LogP contribution < -0.4 is 4.72 Å². The summed E-state index contributed by atoms with van der Waals surface area (Å²) >= 11 is 5.75. The van der Waals surface area contributed by atoms with Crippen molar-refractivity contribution in [1.29, 1.82) is 0 Å². The van der Waals surface area contributed by atoms with E-state index in [9.17, 15) is 13.5 Å². The topological polar surface area (TPSA) is 79.3 Å². The molecule has 2 N–H and O–H groups in total. The van der Waals surface area contributed by atoms with E-state index in [1.807, 2.05) is 13.8 Å². The predicted molar refractivity (Wildman–Crippen MR) is 74.5 cm³/mol. The molecule has 0 fully saturated rings. The number of aromatic nitrogens is 1. The van der Waals surface area contributed by atoms with Crippen LogP contribution in [-0.2, 0) is 10.0 Å². The molecule has 7 heteroatoms. The number of aliphatic hydroxyl groups is 1. The van der Waals surface area contributed by atoms with Gasteiger partial charge in [-0.05, 0) is 18.1 Å². The summed E-state index contributed by atoms with van der Waals surface area (Å²) in [5.74, 6) is 0.0760. The van der Waals surface area contributed by atoms with Gasteiger partial charge in [-0.1, -0.05) is 38.3 Å². The molecule has 0 spiro atoms. The molecule has 19 heavy (non-hydrogen) atoms. The van der Waals surface area contributed by atoms with Gasteiger partial charge in [-0.3, -0.25) is 0 Å². The fourth-order valence-corrected chi connectivity index (χ4v) is 3.35. The maximum absolute atomic E-state index is 12.0. The first-order valence-corrected chi connectivity index (χ1v) is 8.06. The summed E-state index contributed by atoms with van der Waals surface area (Å²) in [6.07, 6.45) is 2.31. The highest BCUT2D eigenvalue weighted by atomic mass is 35.5. The van der Waals surface area contributed by atoms with Crippen LogP contribution in [0.5, 0.6) is 0 Å². The number of pyridine rings is 1. The van der Waals surface area contributed by atoms with Crippen LogP contribution >= 0.6 is 11.6 Å². The zero-order valence-corrected chi connectivity index (χ0v) is 12.6. The van der Waals surface area contributed by atoms with Crippen molar-refractivity contribution in [2.24, 2.45) is 5.92 Å². The molecule has 0 radical (unpaired) electrons. The molecule has 0 bridgehead atoms.